The monoisotopic (exact) mass is 243 g/mol. The highest BCUT2D eigenvalue weighted by Crippen LogP contribution is 2.36. The highest BCUT2D eigenvalue weighted by atomic mass is 28.4. The van der Waals surface area contributed by atoms with Crippen LogP contribution in [0.4, 0.5) is 0 Å². The van der Waals surface area contributed by atoms with Crippen molar-refractivity contribution < 1.29 is 9.22 Å². The molecule has 16 heavy (non-hydrogen) atoms. The molecule has 1 unspecified atom stereocenters. The molecule has 1 fully saturated rings. The third kappa shape index (κ3) is 3.32. The van der Waals surface area contributed by atoms with Gasteiger partial charge in [0.15, 0.2) is 0 Å². The van der Waals surface area contributed by atoms with Crippen LogP contribution in [-0.2, 0) is 9.22 Å². The fourth-order valence-corrected chi connectivity index (χ4v) is 2.48. The molecule has 0 aliphatic carbocycles. The summed E-state index contributed by atoms with van der Waals surface area (Å²) in [7, 11) is -1.94. The summed E-state index contributed by atoms with van der Waals surface area (Å²) in [6.45, 7) is 11.6. The standard InChI is InChI=1S/C12H25NO2Si/c1-12(2,3)16(4,5)15-11(14)10-8-6-7-9-13-10/h10,13H,6-9H2,1-5H3. The van der Waals surface area contributed by atoms with E-state index in [0.717, 1.165) is 19.4 Å². The summed E-state index contributed by atoms with van der Waals surface area (Å²) in [4.78, 5) is 12.0. The second kappa shape index (κ2) is 4.88. The van der Waals surface area contributed by atoms with Crippen LogP contribution in [0.5, 0.6) is 0 Å². The van der Waals surface area contributed by atoms with Gasteiger partial charge in [-0.3, -0.25) is 4.79 Å². The fourth-order valence-electron chi connectivity index (χ4n) is 1.53. The van der Waals surface area contributed by atoms with Crippen molar-refractivity contribution in [1.29, 1.82) is 0 Å². The van der Waals surface area contributed by atoms with Gasteiger partial charge in [0.05, 0.1) is 0 Å². The van der Waals surface area contributed by atoms with E-state index in [1.54, 1.807) is 0 Å². The van der Waals surface area contributed by atoms with Crippen molar-refractivity contribution in [3.8, 4) is 0 Å². The van der Waals surface area contributed by atoms with Gasteiger partial charge in [-0.25, -0.2) is 0 Å². The lowest BCUT2D eigenvalue weighted by Crippen LogP contribution is -2.49. The van der Waals surface area contributed by atoms with Crippen molar-refractivity contribution in [2.45, 2.75) is 64.2 Å². The zero-order valence-electron chi connectivity index (χ0n) is 11.2. The van der Waals surface area contributed by atoms with Crippen LogP contribution in [0.25, 0.3) is 0 Å². The van der Waals surface area contributed by atoms with Gasteiger partial charge in [0.1, 0.15) is 6.04 Å². The van der Waals surface area contributed by atoms with E-state index in [4.69, 9.17) is 4.43 Å². The number of hydrogen-bond donors (Lipinski definition) is 1. The van der Waals surface area contributed by atoms with Crippen LogP contribution >= 0.6 is 0 Å². The normalized spacial score (nSPS) is 22.9. The molecular formula is C12H25NO2Si. The Kier molecular flexibility index (Phi) is 4.18. The van der Waals surface area contributed by atoms with Crippen molar-refractivity contribution >= 4 is 14.3 Å². The van der Waals surface area contributed by atoms with Crippen LogP contribution in [-0.4, -0.2) is 26.9 Å². The highest BCUT2D eigenvalue weighted by molar-refractivity contribution is 6.75. The minimum absolute atomic E-state index is 0.0358. The van der Waals surface area contributed by atoms with E-state index in [-0.39, 0.29) is 17.0 Å². The Morgan fingerprint density at radius 2 is 1.94 bits per heavy atom. The van der Waals surface area contributed by atoms with Gasteiger partial charge in [-0.05, 0) is 37.5 Å². The van der Waals surface area contributed by atoms with E-state index in [1.807, 2.05) is 0 Å². The molecule has 1 N–H and O–H groups in total. The average Bonchev–Trinajstić information content (AvgIpc) is 2.16. The molecule has 1 atom stereocenters. The summed E-state index contributed by atoms with van der Waals surface area (Å²) in [6, 6.07) is -0.0668. The molecule has 1 heterocycles. The Hall–Kier alpha value is -0.353. The smallest absolute Gasteiger partial charge is 0.309 e. The number of carbonyl (C=O) groups is 1. The molecule has 0 amide bonds. The van der Waals surface area contributed by atoms with Gasteiger partial charge in [0, 0.05) is 0 Å². The summed E-state index contributed by atoms with van der Waals surface area (Å²) in [5, 5.41) is 3.34. The first-order valence-electron chi connectivity index (χ1n) is 6.20. The van der Waals surface area contributed by atoms with Gasteiger partial charge in [-0.15, -0.1) is 0 Å². The molecule has 0 aromatic carbocycles. The molecule has 1 aliphatic rings. The molecule has 0 spiro atoms. The third-order valence-electron chi connectivity index (χ3n) is 3.76. The van der Waals surface area contributed by atoms with Gasteiger partial charge >= 0.3 is 5.97 Å². The zero-order valence-corrected chi connectivity index (χ0v) is 12.2. The van der Waals surface area contributed by atoms with E-state index in [2.05, 4.69) is 39.2 Å². The molecule has 3 nitrogen and oxygen atoms in total. The molecule has 4 heteroatoms. The summed E-state index contributed by atoms with van der Waals surface area (Å²) in [6.07, 6.45) is 3.22. The first kappa shape index (κ1) is 13.7. The quantitative estimate of drug-likeness (QED) is 0.758. The second-order valence-corrected chi connectivity index (χ2v) is 10.9. The Morgan fingerprint density at radius 3 is 2.38 bits per heavy atom. The molecule has 1 saturated heterocycles. The van der Waals surface area contributed by atoms with E-state index in [0.29, 0.717) is 0 Å². The van der Waals surface area contributed by atoms with Gasteiger partial charge in [-0.1, -0.05) is 27.2 Å². The molecule has 0 aromatic heterocycles. The topological polar surface area (TPSA) is 38.3 Å². The van der Waals surface area contributed by atoms with Crippen molar-refractivity contribution in [1.82, 2.24) is 5.32 Å². The number of piperidine rings is 1. The number of rotatable bonds is 2. The average molecular weight is 243 g/mol. The lowest BCUT2D eigenvalue weighted by Gasteiger charge is -2.37. The summed E-state index contributed by atoms with van der Waals surface area (Å²) >= 11 is 0. The van der Waals surface area contributed by atoms with Crippen molar-refractivity contribution in [3.63, 3.8) is 0 Å². The van der Waals surface area contributed by atoms with E-state index < -0.39 is 8.32 Å². The molecule has 94 valence electrons. The van der Waals surface area contributed by atoms with E-state index in [1.165, 1.54) is 6.42 Å². The molecule has 0 saturated carbocycles. The first-order valence-corrected chi connectivity index (χ1v) is 9.11. The maximum atomic E-state index is 12.0. The largest absolute Gasteiger partial charge is 0.518 e. The van der Waals surface area contributed by atoms with Crippen LogP contribution in [0, 0.1) is 0 Å². The summed E-state index contributed by atoms with van der Waals surface area (Å²) < 4.78 is 5.78. The Balaban J connectivity index is 2.56. The SMILES string of the molecule is CC(C)(C)[Si](C)(C)OC(=O)C1CCCCN1. The number of nitrogens with one attached hydrogen (secondary N) is 1. The minimum Gasteiger partial charge on any atom is -0.518 e. The predicted octanol–water partition coefficient (Wildman–Crippen LogP) is 2.68. The molecule has 1 rings (SSSR count). The third-order valence-corrected chi connectivity index (χ3v) is 8.08. The minimum atomic E-state index is -1.94. The van der Waals surface area contributed by atoms with Crippen LogP contribution in [0.15, 0.2) is 0 Å². The van der Waals surface area contributed by atoms with E-state index in [9.17, 15) is 4.79 Å². The fraction of sp³-hybridized carbons (Fsp3) is 0.917. The molecule has 0 radical (unpaired) electrons. The highest BCUT2D eigenvalue weighted by Gasteiger charge is 2.41. The van der Waals surface area contributed by atoms with Crippen LogP contribution < -0.4 is 5.32 Å². The van der Waals surface area contributed by atoms with Gasteiger partial charge < -0.3 is 9.74 Å². The van der Waals surface area contributed by atoms with Crippen LogP contribution in [0.3, 0.4) is 0 Å². The first-order chi connectivity index (χ1) is 7.24. The summed E-state index contributed by atoms with van der Waals surface area (Å²) in [5.41, 5.74) is 0. The van der Waals surface area contributed by atoms with E-state index >= 15 is 0 Å². The van der Waals surface area contributed by atoms with Crippen LogP contribution in [0.2, 0.25) is 18.1 Å². The Bertz CT molecular complexity index is 252. The second-order valence-electron chi connectivity index (χ2n) is 6.18. The molecule has 1 aliphatic heterocycles. The lowest BCUT2D eigenvalue weighted by molar-refractivity contribution is -0.138. The predicted molar refractivity (Wildman–Crippen MR) is 68.9 cm³/mol. The number of hydrogen-bond acceptors (Lipinski definition) is 3. The maximum absolute atomic E-state index is 12.0. The maximum Gasteiger partial charge on any atom is 0.309 e. The van der Waals surface area contributed by atoms with Gasteiger partial charge in [0.2, 0.25) is 0 Å². The molecular weight excluding hydrogens is 218 g/mol. The van der Waals surface area contributed by atoms with Gasteiger partial charge in [-0.2, -0.15) is 0 Å². The molecule has 0 aromatic rings. The Morgan fingerprint density at radius 1 is 1.31 bits per heavy atom. The van der Waals surface area contributed by atoms with Crippen molar-refractivity contribution in [2.75, 3.05) is 6.54 Å². The lowest BCUT2D eigenvalue weighted by atomic mass is 10.1. The number of carbonyl (C=O) groups excluding carboxylic acids is 1. The summed E-state index contributed by atoms with van der Waals surface area (Å²) in [5.74, 6) is -0.0358. The van der Waals surface area contributed by atoms with Crippen LogP contribution in [0.1, 0.15) is 40.0 Å². The van der Waals surface area contributed by atoms with Crippen molar-refractivity contribution in [3.05, 3.63) is 0 Å². The van der Waals surface area contributed by atoms with Crippen molar-refractivity contribution in [2.24, 2.45) is 0 Å². The zero-order chi connectivity index (χ0) is 12.4. The Labute approximate surface area is 100 Å². The molecule has 0 bridgehead atoms. The van der Waals surface area contributed by atoms with Gasteiger partial charge in [0.25, 0.3) is 8.32 Å².